The van der Waals surface area contributed by atoms with Crippen LogP contribution in [-0.4, -0.2) is 42.2 Å². The van der Waals surface area contributed by atoms with Gasteiger partial charge in [0.05, 0.1) is 6.04 Å². The molecule has 30 heavy (non-hydrogen) atoms. The first kappa shape index (κ1) is 19.8. The smallest absolute Gasteiger partial charge is 0.410 e. The van der Waals surface area contributed by atoms with Crippen molar-refractivity contribution in [2.75, 3.05) is 25.1 Å². The second kappa shape index (κ2) is 8.86. The van der Waals surface area contributed by atoms with Crippen molar-refractivity contribution in [3.8, 4) is 11.5 Å². The molecule has 1 fully saturated rings. The lowest BCUT2D eigenvalue weighted by Crippen LogP contribution is -2.34. The van der Waals surface area contributed by atoms with Gasteiger partial charge in [0.15, 0.2) is 0 Å². The summed E-state index contributed by atoms with van der Waals surface area (Å²) in [4.78, 5) is 19.9. The van der Waals surface area contributed by atoms with E-state index in [0.717, 1.165) is 35.0 Å². The molecule has 0 bridgehead atoms. The van der Waals surface area contributed by atoms with Gasteiger partial charge in [-0.05, 0) is 67.4 Å². The summed E-state index contributed by atoms with van der Waals surface area (Å²) >= 11 is 0. The van der Waals surface area contributed by atoms with Gasteiger partial charge in [0.1, 0.15) is 23.9 Å². The Labute approximate surface area is 176 Å². The number of pyridine rings is 1. The van der Waals surface area contributed by atoms with E-state index >= 15 is 0 Å². The number of cyclic esters (lactones) is 1. The highest BCUT2D eigenvalue weighted by Gasteiger charge is 2.31. The molecule has 1 aliphatic rings. The molecule has 0 N–H and O–H groups in total. The molecule has 2 heterocycles. The SMILES string of the molecule is CCN1C(=O)OCC1Cc1ccc(Oc2ccc(N(C)c3ccccn3)cc2)cc1. The molecule has 0 aliphatic carbocycles. The first-order chi connectivity index (χ1) is 14.6. The number of carbonyl (C=O) groups excluding carboxylic acids is 1. The fourth-order valence-corrected chi connectivity index (χ4v) is 3.57. The van der Waals surface area contributed by atoms with Crippen molar-refractivity contribution >= 4 is 17.6 Å². The number of likely N-dealkylation sites (N-methyl/N-ethyl adjacent to an activating group) is 1. The molecule has 0 spiro atoms. The Hall–Kier alpha value is -3.54. The minimum atomic E-state index is -0.223. The van der Waals surface area contributed by atoms with Gasteiger partial charge in [-0.15, -0.1) is 0 Å². The maximum absolute atomic E-state index is 11.7. The topological polar surface area (TPSA) is 54.9 Å². The van der Waals surface area contributed by atoms with Crippen LogP contribution in [0.4, 0.5) is 16.3 Å². The zero-order valence-electron chi connectivity index (χ0n) is 17.2. The van der Waals surface area contributed by atoms with Crippen LogP contribution in [0.25, 0.3) is 0 Å². The van der Waals surface area contributed by atoms with Gasteiger partial charge in [-0.1, -0.05) is 18.2 Å². The summed E-state index contributed by atoms with van der Waals surface area (Å²) in [5.74, 6) is 2.43. The molecule has 1 aromatic heterocycles. The molecule has 3 aromatic rings. The Balaban J connectivity index is 1.37. The van der Waals surface area contributed by atoms with Crippen LogP contribution >= 0.6 is 0 Å². The summed E-state index contributed by atoms with van der Waals surface area (Å²) < 4.78 is 11.1. The fourth-order valence-electron chi connectivity index (χ4n) is 3.57. The normalized spacial score (nSPS) is 15.7. The van der Waals surface area contributed by atoms with Crippen LogP contribution in [0.3, 0.4) is 0 Å². The van der Waals surface area contributed by atoms with Crippen LogP contribution in [-0.2, 0) is 11.2 Å². The number of carbonyl (C=O) groups is 1. The zero-order chi connectivity index (χ0) is 20.9. The number of hydrogen-bond donors (Lipinski definition) is 0. The number of amides is 1. The van der Waals surface area contributed by atoms with Gasteiger partial charge < -0.3 is 19.3 Å². The van der Waals surface area contributed by atoms with Crippen molar-refractivity contribution < 1.29 is 14.3 Å². The Morgan fingerprint density at radius 1 is 1.07 bits per heavy atom. The molecule has 1 amide bonds. The van der Waals surface area contributed by atoms with Crippen LogP contribution < -0.4 is 9.64 Å². The van der Waals surface area contributed by atoms with Gasteiger partial charge in [-0.2, -0.15) is 0 Å². The monoisotopic (exact) mass is 403 g/mol. The highest BCUT2D eigenvalue weighted by molar-refractivity contribution is 5.70. The molecule has 6 nitrogen and oxygen atoms in total. The molecule has 1 saturated heterocycles. The van der Waals surface area contributed by atoms with Crippen LogP contribution in [0.15, 0.2) is 72.9 Å². The van der Waals surface area contributed by atoms with E-state index in [9.17, 15) is 4.79 Å². The third kappa shape index (κ3) is 4.38. The van der Waals surface area contributed by atoms with E-state index in [2.05, 4.69) is 4.98 Å². The maximum atomic E-state index is 11.7. The predicted octanol–water partition coefficient (Wildman–Crippen LogP) is 5.03. The molecule has 6 heteroatoms. The number of nitrogens with zero attached hydrogens (tertiary/aromatic N) is 3. The minimum Gasteiger partial charge on any atom is -0.457 e. The second-order valence-electron chi connectivity index (χ2n) is 7.21. The van der Waals surface area contributed by atoms with E-state index in [4.69, 9.17) is 9.47 Å². The van der Waals surface area contributed by atoms with E-state index in [1.807, 2.05) is 85.6 Å². The number of aromatic nitrogens is 1. The average Bonchev–Trinajstić information content (AvgIpc) is 3.14. The molecule has 154 valence electrons. The van der Waals surface area contributed by atoms with Gasteiger partial charge in [0.25, 0.3) is 0 Å². The van der Waals surface area contributed by atoms with Crippen molar-refractivity contribution in [2.24, 2.45) is 0 Å². The number of hydrogen-bond acceptors (Lipinski definition) is 5. The molecular weight excluding hydrogens is 378 g/mol. The standard InChI is InChI=1S/C24H25N3O3/c1-3-27-20(17-29-24(27)28)16-18-7-11-21(12-8-18)30-22-13-9-19(10-14-22)26(2)23-6-4-5-15-25-23/h4-15,20H,3,16-17H2,1-2H3. The van der Waals surface area contributed by atoms with Crippen LogP contribution in [0.5, 0.6) is 11.5 Å². The minimum absolute atomic E-state index is 0.0953. The number of rotatable bonds is 7. The van der Waals surface area contributed by atoms with Crippen molar-refractivity contribution in [3.05, 3.63) is 78.5 Å². The van der Waals surface area contributed by atoms with E-state index in [0.29, 0.717) is 13.2 Å². The summed E-state index contributed by atoms with van der Waals surface area (Å²) in [6.07, 6.45) is 2.33. The maximum Gasteiger partial charge on any atom is 0.410 e. The molecule has 2 aromatic carbocycles. The average molecular weight is 403 g/mol. The zero-order valence-corrected chi connectivity index (χ0v) is 17.2. The van der Waals surface area contributed by atoms with Gasteiger partial charge in [0, 0.05) is 25.5 Å². The molecule has 1 atom stereocenters. The Bertz CT molecular complexity index is 975. The lowest BCUT2D eigenvalue weighted by molar-refractivity contribution is 0.159. The lowest BCUT2D eigenvalue weighted by atomic mass is 10.1. The Morgan fingerprint density at radius 2 is 1.77 bits per heavy atom. The molecule has 4 rings (SSSR count). The first-order valence-corrected chi connectivity index (χ1v) is 10.1. The Kier molecular flexibility index (Phi) is 5.84. The molecule has 1 unspecified atom stereocenters. The molecular formula is C24H25N3O3. The summed E-state index contributed by atoms with van der Waals surface area (Å²) in [6.45, 7) is 3.08. The highest BCUT2D eigenvalue weighted by Crippen LogP contribution is 2.27. The van der Waals surface area contributed by atoms with E-state index in [1.165, 1.54) is 0 Å². The lowest BCUT2D eigenvalue weighted by Gasteiger charge is -2.19. The van der Waals surface area contributed by atoms with Crippen molar-refractivity contribution in [3.63, 3.8) is 0 Å². The summed E-state index contributed by atoms with van der Waals surface area (Å²) in [7, 11) is 1.99. The third-order valence-corrected chi connectivity index (χ3v) is 5.26. The van der Waals surface area contributed by atoms with Gasteiger partial charge in [-0.25, -0.2) is 9.78 Å². The fraction of sp³-hybridized carbons (Fsp3) is 0.250. The van der Waals surface area contributed by atoms with Gasteiger partial charge in [-0.3, -0.25) is 0 Å². The first-order valence-electron chi connectivity index (χ1n) is 10.1. The predicted molar refractivity (Wildman–Crippen MR) is 116 cm³/mol. The quantitative estimate of drug-likeness (QED) is 0.554. The second-order valence-corrected chi connectivity index (χ2v) is 7.21. The van der Waals surface area contributed by atoms with Crippen LogP contribution in [0.2, 0.25) is 0 Å². The van der Waals surface area contributed by atoms with E-state index < -0.39 is 0 Å². The third-order valence-electron chi connectivity index (χ3n) is 5.26. The van der Waals surface area contributed by atoms with Crippen LogP contribution in [0.1, 0.15) is 12.5 Å². The largest absolute Gasteiger partial charge is 0.457 e. The van der Waals surface area contributed by atoms with Crippen LogP contribution in [0, 0.1) is 0 Å². The highest BCUT2D eigenvalue weighted by atomic mass is 16.6. The summed E-state index contributed by atoms with van der Waals surface area (Å²) in [5, 5.41) is 0. The van der Waals surface area contributed by atoms with Gasteiger partial charge >= 0.3 is 6.09 Å². The van der Waals surface area contributed by atoms with Crippen molar-refractivity contribution in [1.82, 2.24) is 9.88 Å². The molecule has 0 saturated carbocycles. The molecule has 0 radical (unpaired) electrons. The number of ether oxygens (including phenoxy) is 2. The number of anilines is 2. The molecule has 1 aliphatic heterocycles. The number of benzene rings is 2. The van der Waals surface area contributed by atoms with E-state index in [-0.39, 0.29) is 12.1 Å². The summed E-state index contributed by atoms with van der Waals surface area (Å²) in [5.41, 5.74) is 2.18. The van der Waals surface area contributed by atoms with Crippen molar-refractivity contribution in [1.29, 1.82) is 0 Å². The summed E-state index contributed by atoms with van der Waals surface area (Å²) in [6, 6.07) is 21.8. The van der Waals surface area contributed by atoms with Gasteiger partial charge in [0.2, 0.25) is 0 Å². The van der Waals surface area contributed by atoms with Crippen molar-refractivity contribution in [2.45, 2.75) is 19.4 Å². The Morgan fingerprint density at radius 3 is 2.40 bits per heavy atom. The van der Waals surface area contributed by atoms with E-state index in [1.54, 1.807) is 11.1 Å².